The van der Waals surface area contributed by atoms with Gasteiger partial charge in [-0.05, 0) is 71.3 Å². The largest absolute Gasteiger partial charge is 0.309 e. The van der Waals surface area contributed by atoms with Crippen LogP contribution in [0.1, 0.15) is 0 Å². The molecule has 0 aliphatic heterocycles. The first-order valence-electron chi connectivity index (χ1n) is 21.1. The molecule has 4 nitrogen and oxygen atoms in total. The molecule has 62 heavy (non-hydrogen) atoms. The topological polar surface area (TPSA) is 35.6 Å². The lowest BCUT2D eigenvalue weighted by molar-refractivity contribution is 1.16. The van der Waals surface area contributed by atoms with E-state index in [1.807, 2.05) is 12.1 Å². The SMILES string of the molecule is c1ccc(-c2ccc(-c3ccccc3)c(-n3c4ccccc4c4c3ccc3c5ccccc5n(-c5ccc(-c6nc(-c7ccccc7)cc(-c7ccccc7)n6)cc5)c34)c2)cc1. The molecule has 0 saturated carbocycles. The van der Waals surface area contributed by atoms with Crippen LogP contribution in [0.25, 0.3) is 111 Å². The second kappa shape index (κ2) is 14.7. The molecule has 290 valence electrons. The van der Waals surface area contributed by atoms with Crippen LogP contribution in [0.15, 0.2) is 231 Å². The molecule has 9 aromatic carbocycles. The van der Waals surface area contributed by atoms with Crippen LogP contribution in [0.4, 0.5) is 0 Å². The standard InChI is InChI=1S/C58H38N4/c1-5-17-39(18-6-1)44-31-34-46(40-19-7-2-8-20-40)55(37-44)62-53-28-16-14-26-49(53)56-54(62)36-35-48-47-25-13-15-27-52(47)61(57(48)56)45-32-29-43(30-33-45)58-59-50(41-21-9-3-10-22-41)38-51(60-58)42-23-11-4-12-24-42/h1-38H. The maximum absolute atomic E-state index is 5.13. The second-order valence-corrected chi connectivity index (χ2v) is 15.8. The minimum Gasteiger partial charge on any atom is -0.309 e. The molecule has 0 radical (unpaired) electrons. The van der Waals surface area contributed by atoms with Crippen molar-refractivity contribution >= 4 is 43.6 Å². The van der Waals surface area contributed by atoms with E-state index in [0.29, 0.717) is 5.82 Å². The van der Waals surface area contributed by atoms with Crippen LogP contribution in [-0.4, -0.2) is 19.1 Å². The van der Waals surface area contributed by atoms with Crippen molar-refractivity contribution in [1.29, 1.82) is 0 Å². The molecule has 0 bridgehead atoms. The Morgan fingerprint density at radius 1 is 0.306 bits per heavy atom. The highest BCUT2D eigenvalue weighted by molar-refractivity contribution is 6.26. The average Bonchev–Trinajstić information content (AvgIpc) is 3.88. The third-order valence-corrected chi connectivity index (χ3v) is 12.1. The van der Waals surface area contributed by atoms with Crippen LogP contribution < -0.4 is 0 Å². The summed E-state index contributed by atoms with van der Waals surface area (Å²) in [4.78, 5) is 10.3. The summed E-state index contributed by atoms with van der Waals surface area (Å²) < 4.78 is 4.92. The van der Waals surface area contributed by atoms with Gasteiger partial charge in [-0.2, -0.15) is 0 Å². The molecule has 3 heterocycles. The van der Waals surface area contributed by atoms with E-state index < -0.39 is 0 Å². The van der Waals surface area contributed by atoms with Crippen molar-refractivity contribution in [3.05, 3.63) is 231 Å². The number of hydrogen-bond acceptors (Lipinski definition) is 2. The summed E-state index contributed by atoms with van der Waals surface area (Å²) in [7, 11) is 0. The fraction of sp³-hybridized carbons (Fsp3) is 0. The Kier molecular flexibility index (Phi) is 8.46. The number of fused-ring (bicyclic) bond motifs is 7. The van der Waals surface area contributed by atoms with E-state index in [-0.39, 0.29) is 0 Å². The van der Waals surface area contributed by atoms with Crippen LogP contribution in [0, 0.1) is 0 Å². The Balaban J connectivity index is 1.09. The van der Waals surface area contributed by atoms with Crippen LogP contribution >= 0.6 is 0 Å². The maximum Gasteiger partial charge on any atom is 0.160 e. The summed E-state index contributed by atoms with van der Waals surface area (Å²) in [5.74, 6) is 0.691. The van der Waals surface area contributed by atoms with Gasteiger partial charge in [-0.3, -0.25) is 0 Å². The summed E-state index contributed by atoms with van der Waals surface area (Å²) in [6, 6.07) is 82.2. The molecule has 0 saturated heterocycles. The van der Waals surface area contributed by atoms with Gasteiger partial charge >= 0.3 is 0 Å². The molecule has 12 aromatic rings. The summed E-state index contributed by atoms with van der Waals surface area (Å²) in [5, 5.41) is 4.85. The van der Waals surface area contributed by atoms with E-state index in [2.05, 4.69) is 228 Å². The van der Waals surface area contributed by atoms with E-state index in [0.717, 1.165) is 56.0 Å². The quantitative estimate of drug-likeness (QED) is 0.161. The number of para-hydroxylation sites is 2. The zero-order valence-corrected chi connectivity index (χ0v) is 33.7. The molecule has 0 atom stereocenters. The van der Waals surface area contributed by atoms with Gasteiger partial charge in [0.05, 0.1) is 39.1 Å². The van der Waals surface area contributed by atoms with Crippen molar-refractivity contribution < 1.29 is 0 Å². The molecule has 0 aliphatic carbocycles. The molecule has 4 heteroatoms. The van der Waals surface area contributed by atoms with Crippen molar-refractivity contribution in [3.8, 4) is 67.5 Å². The number of benzene rings is 9. The maximum atomic E-state index is 5.13. The summed E-state index contributed by atoms with van der Waals surface area (Å²) in [6.45, 7) is 0. The Hall–Kier alpha value is -8.34. The highest BCUT2D eigenvalue weighted by Gasteiger charge is 2.23. The van der Waals surface area contributed by atoms with Crippen molar-refractivity contribution in [1.82, 2.24) is 19.1 Å². The molecular formula is C58H38N4. The molecule has 0 amide bonds. The van der Waals surface area contributed by atoms with Gasteiger partial charge < -0.3 is 9.13 Å². The minimum atomic E-state index is 0.691. The van der Waals surface area contributed by atoms with Crippen molar-refractivity contribution in [2.75, 3.05) is 0 Å². The Labute approximate surface area is 359 Å². The lowest BCUT2D eigenvalue weighted by atomic mass is 9.98. The number of rotatable bonds is 7. The van der Waals surface area contributed by atoms with Gasteiger partial charge in [0.15, 0.2) is 5.82 Å². The van der Waals surface area contributed by atoms with Gasteiger partial charge in [-0.25, -0.2) is 9.97 Å². The predicted molar refractivity (Wildman–Crippen MR) is 258 cm³/mol. The monoisotopic (exact) mass is 790 g/mol. The Morgan fingerprint density at radius 2 is 0.823 bits per heavy atom. The Bertz CT molecular complexity index is 3530. The van der Waals surface area contributed by atoms with E-state index in [4.69, 9.17) is 9.97 Å². The van der Waals surface area contributed by atoms with Gasteiger partial charge in [0, 0.05) is 49.5 Å². The van der Waals surface area contributed by atoms with E-state index in [1.54, 1.807) is 0 Å². The van der Waals surface area contributed by atoms with Crippen LogP contribution in [0.2, 0.25) is 0 Å². The van der Waals surface area contributed by atoms with Crippen molar-refractivity contribution in [2.24, 2.45) is 0 Å². The number of hydrogen-bond donors (Lipinski definition) is 0. The van der Waals surface area contributed by atoms with Crippen molar-refractivity contribution in [3.63, 3.8) is 0 Å². The fourth-order valence-corrected chi connectivity index (χ4v) is 9.27. The van der Waals surface area contributed by atoms with E-state index in [1.165, 1.54) is 49.3 Å². The van der Waals surface area contributed by atoms with Gasteiger partial charge in [-0.1, -0.05) is 176 Å². The van der Waals surface area contributed by atoms with Gasteiger partial charge in [-0.15, -0.1) is 0 Å². The zero-order chi connectivity index (χ0) is 41.0. The third-order valence-electron chi connectivity index (χ3n) is 12.1. The lowest BCUT2D eigenvalue weighted by Crippen LogP contribution is -1.99. The predicted octanol–water partition coefficient (Wildman–Crippen LogP) is 15.0. The molecule has 0 aliphatic rings. The number of nitrogens with zero attached hydrogens (tertiary/aromatic N) is 4. The first kappa shape index (κ1) is 35.6. The lowest BCUT2D eigenvalue weighted by Gasteiger charge is -2.16. The second-order valence-electron chi connectivity index (χ2n) is 15.8. The molecule has 3 aromatic heterocycles. The van der Waals surface area contributed by atoms with Crippen molar-refractivity contribution in [2.45, 2.75) is 0 Å². The van der Waals surface area contributed by atoms with Crippen LogP contribution in [0.5, 0.6) is 0 Å². The van der Waals surface area contributed by atoms with E-state index >= 15 is 0 Å². The normalized spacial score (nSPS) is 11.5. The molecular weight excluding hydrogens is 753 g/mol. The molecule has 0 N–H and O–H groups in total. The number of aromatic nitrogens is 4. The molecule has 0 spiro atoms. The molecule has 0 fully saturated rings. The summed E-state index contributed by atoms with van der Waals surface area (Å²) >= 11 is 0. The summed E-state index contributed by atoms with van der Waals surface area (Å²) in [5.41, 5.74) is 16.4. The molecule has 12 rings (SSSR count). The van der Waals surface area contributed by atoms with Gasteiger partial charge in [0.2, 0.25) is 0 Å². The summed E-state index contributed by atoms with van der Waals surface area (Å²) in [6.07, 6.45) is 0. The highest BCUT2D eigenvalue weighted by atomic mass is 15.0. The van der Waals surface area contributed by atoms with E-state index in [9.17, 15) is 0 Å². The smallest absolute Gasteiger partial charge is 0.160 e. The van der Waals surface area contributed by atoms with Crippen LogP contribution in [0.3, 0.4) is 0 Å². The van der Waals surface area contributed by atoms with Crippen LogP contribution in [-0.2, 0) is 0 Å². The minimum absolute atomic E-state index is 0.691. The van der Waals surface area contributed by atoms with Gasteiger partial charge in [0.25, 0.3) is 0 Å². The third kappa shape index (κ3) is 5.92. The molecule has 0 unspecified atom stereocenters. The highest BCUT2D eigenvalue weighted by Crippen LogP contribution is 2.44. The average molecular weight is 791 g/mol. The fourth-order valence-electron chi connectivity index (χ4n) is 9.27. The zero-order valence-electron chi connectivity index (χ0n) is 33.7. The first-order valence-corrected chi connectivity index (χ1v) is 21.1. The Morgan fingerprint density at radius 3 is 1.45 bits per heavy atom. The van der Waals surface area contributed by atoms with Gasteiger partial charge in [0.1, 0.15) is 0 Å². The first-order chi connectivity index (χ1) is 30.8.